The quantitative estimate of drug-likeness (QED) is 0.885. The van der Waals surface area contributed by atoms with Crippen LogP contribution in [0.5, 0.6) is 0 Å². The first-order chi connectivity index (χ1) is 8.79. The van der Waals surface area contributed by atoms with Gasteiger partial charge in [0.25, 0.3) is 5.91 Å². The zero-order valence-corrected chi connectivity index (χ0v) is 12.6. The Morgan fingerprint density at radius 1 is 1.53 bits per heavy atom. The Bertz CT molecular complexity index is 588. The molecular formula is C12H18N2O3S2. The molecule has 19 heavy (non-hydrogen) atoms. The van der Waals surface area contributed by atoms with E-state index in [1.165, 1.54) is 12.5 Å². The second-order valence-electron chi connectivity index (χ2n) is 5.03. The van der Waals surface area contributed by atoms with Gasteiger partial charge >= 0.3 is 0 Å². The van der Waals surface area contributed by atoms with Crippen LogP contribution >= 0.6 is 11.3 Å². The molecule has 5 nitrogen and oxygen atoms in total. The molecule has 0 bridgehead atoms. The molecule has 1 atom stereocenters. The monoisotopic (exact) mass is 302 g/mol. The van der Waals surface area contributed by atoms with Crippen LogP contribution in [0.4, 0.5) is 0 Å². The lowest BCUT2D eigenvalue weighted by Crippen LogP contribution is -2.40. The van der Waals surface area contributed by atoms with Gasteiger partial charge in [-0.3, -0.25) is 4.79 Å². The van der Waals surface area contributed by atoms with Crippen molar-refractivity contribution in [2.75, 3.05) is 0 Å². The molecule has 1 amide bonds. The van der Waals surface area contributed by atoms with Gasteiger partial charge in [0.1, 0.15) is 0 Å². The highest BCUT2D eigenvalue weighted by Crippen LogP contribution is 2.30. The number of carbonyl (C=O) groups excluding carboxylic acids is 1. The molecule has 1 aromatic rings. The predicted octanol–water partition coefficient (Wildman–Crippen LogP) is 1.62. The van der Waals surface area contributed by atoms with Crippen LogP contribution in [0.25, 0.3) is 0 Å². The number of primary sulfonamides is 1. The van der Waals surface area contributed by atoms with E-state index in [4.69, 9.17) is 5.14 Å². The highest BCUT2D eigenvalue weighted by Gasteiger charge is 2.26. The van der Waals surface area contributed by atoms with E-state index in [-0.39, 0.29) is 16.8 Å². The Morgan fingerprint density at radius 3 is 2.58 bits per heavy atom. The summed E-state index contributed by atoms with van der Waals surface area (Å²) in [4.78, 5) is 13.0. The van der Waals surface area contributed by atoms with Gasteiger partial charge < -0.3 is 5.32 Å². The number of rotatable bonds is 4. The van der Waals surface area contributed by atoms with Crippen LogP contribution in [0.2, 0.25) is 0 Å². The lowest BCUT2D eigenvalue weighted by Gasteiger charge is -2.31. The van der Waals surface area contributed by atoms with Gasteiger partial charge in [0.15, 0.2) is 0 Å². The van der Waals surface area contributed by atoms with Crippen molar-refractivity contribution in [3.05, 3.63) is 15.8 Å². The summed E-state index contributed by atoms with van der Waals surface area (Å²) < 4.78 is 22.7. The molecule has 0 radical (unpaired) electrons. The van der Waals surface area contributed by atoms with Gasteiger partial charge in [-0.1, -0.05) is 6.42 Å². The van der Waals surface area contributed by atoms with Gasteiger partial charge in [-0.25, -0.2) is 13.6 Å². The maximum atomic E-state index is 12.1. The number of sulfonamides is 1. The third-order valence-corrected chi connectivity index (χ3v) is 5.83. The third kappa shape index (κ3) is 3.16. The Hall–Kier alpha value is -0.920. The molecule has 0 spiro atoms. The van der Waals surface area contributed by atoms with Gasteiger partial charge in [-0.15, -0.1) is 11.3 Å². The molecule has 7 heteroatoms. The Kier molecular flexibility index (Phi) is 3.98. The van der Waals surface area contributed by atoms with Gasteiger partial charge in [0, 0.05) is 10.9 Å². The first kappa shape index (κ1) is 14.5. The summed E-state index contributed by atoms with van der Waals surface area (Å²) in [6.07, 6.45) is 3.51. The zero-order chi connectivity index (χ0) is 14.2. The number of aryl methyl sites for hydroxylation is 1. The van der Waals surface area contributed by atoms with Crippen molar-refractivity contribution in [3.8, 4) is 0 Å². The molecule has 0 aliphatic heterocycles. The van der Waals surface area contributed by atoms with Crippen LogP contribution in [0, 0.1) is 12.8 Å². The van der Waals surface area contributed by atoms with Gasteiger partial charge in [0.2, 0.25) is 10.0 Å². The maximum Gasteiger partial charge on any atom is 0.261 e. The Morgan fingerprint density at radius 2 is 2.16 bits per heavy atom. The summed E-state index contributed by atoms with van der Waals surface area (Å²) in [5.41, 5.74) is 0. The summed E-state index contributed by atoms with van der Waals surface area (Å²) >= 11 is 1.16. The number of hydrogen-bond acceptors (Lipinski definition) is 4. The van der Waals surface area contributed by atoms with Crippen LogP contribution in [0.3, 0.4) is 0 Å². The minimum Gasteiger partial charge on any atom is -0.349 e. The summed E-state index contributed by atoms with van der Waals surface area (Å²) in [7, 11) is -3.75. The number of carbonyl (C=O) groups is 1. The van der Waals surface area contributed by atoms with Gasteiger partial charge in [0.05, 0.1) is 9.77 Å². The number of amides is 1. The molecule has 1 aliphatic carbocycles. The molecule has 1 saturated carbocycles. The van der Waals surface area contributed by atoms with Crippen molar-refractivity contribution >= 4 is 27.3 Å². The second-order valence-corrected chi connectivity index (χ2v) is 7.82. The van der Waals surface area contributed by atoms with Crippen molar-refractivity contribution in [2.24, 2.45) is 11.1 Å². The van der Waals surface area contributed by atoms with E-state index in [2.05, 4.69) is 5.32 Å². The first-order valence-corrected chi connectivity index (χ1v) is 8.59. The van der Waals surface area contributed by atoms with Crippen molar-refractivity contribution in [1.29, 1.82) is 0 Å². The van der Waals surface area contributed by atoms with E-state index in [0.29, 0.717) is 15.7 Å². The summed E-state index contributed by atoms with van der Waals surface area (Å²) in [5, 5.41) is 8.02. The lowest BCUT2D eigenvalue weighted by molar-refractivity contribution is 0.0913. The number of nitrogens with one attached hydrogen (secondary N) is 1. The summed E-state index contributed by atoms with van der Waals surface area (Å²) in [6.45, 7) is 3.64. The van der Waals surface area contributed by atoms with E-state index in [0.717, 1.165) is 24.2 Å². The smallest absolute Gasteiger partial charge is 0.261 e. The molecule has 1 aliphatic rings. The topological polar surface area (TPSA) is 89.3 Å². The summed E-state index contributed by atoms with van der Waals surface area (Å²) in [6, 6.07) is 1.49. The molecule has 0 aromatic carbocycles. The van der Waals surface area contributed by atoms with Gasteiger partial charge in [-0.2, -0.15) is 0 Å². The van der Waals surface area contributed by atoms with Crippen LogP contribution in [0.1, 0.15) is 40.7 Å². The molecule has 1 fully saturated rings. The molecule has 106 valence electrons. The van der Waals surface area contributed by atoms with Crippen molar-refractivity contribution in [1.82, 2.24) is 5.32 Å². The molecular weight excluding hydrogens is 284 g/mol. The fraction of sp³-hybridized carbons (Fsp3) is 0.583. The third-order valence-electron chi connectivity index (χ3n) is 3.62. The Labute approximate surface area is 117 Å². The molecule has 1 unspecified atom stereocenters. The number of nitrogens with two attached hydrogens (primary N) is 1. The second kappa shape index (κ2) is 5.22. The highest BCUT2D eigenvalue weighted by molar-refractivity contribution is 7.89. The van der Waals surface area contributed by atoms with E-state index in [1.54, 1.807) is 6.92 Å². The summed E-state index contributed by atoms with van der Waals surface area (Å²) in [5.74, 6) is 0.324. The van der Waals surface area contributed by atoms with E-state index in [1.807, 2.05) is 6.92 Å². The van der Waals surface area contributed by atoms with Crippen molar-refractivity contribution in [2.45, 2.75) is 44.0 Å². The van der Waals surface area contributed by atoms with Gasteiger partial charge in [-0.05, 0) is 38.7 Å². The first-order valence-electron chi connectivity index (χ1n) is 6.23. The lowest BCUT2D eigenvalue weighted by atomic mass is 9.80. The predicted molar refractivity (Wildman–Crippen MR) is 74.7 cm³/mol. The van der Waals surface area contributed by atoms with E-state index >= 15 is 0 Å². The van der Waals surface area contributed by atoms with Crippen LogP contribution in [0.15, 0.2) is 11.0 Å². The van der Waals surface area contributed by atoms with Crippen LogP contribution < -0.4 is 10.5 Å². The molecule has 0 saturated heterocycles. The largest absolute Gasteiger partial charge is 0.349 e. The fourth-order valence-electron chi connectivity index (χ4n) is 2.20. The van der Waals surface area contributed by atoms with E-state index < -0.39 is 10.0 Å². The Balaban J connectivity index is 2.11. The molecule has 1 heterocycles. The number of thiophene rings is 1. The zero-order valence-electron chi connectivity index (χ0n) is 11.0. The normalized spacial score (nSPS) is 17.8. The van der Waals surface area contributed by atoms with Crippen LogP contribution in [-0.2, 0) is 10.0 Å². The SMILES string of the molecule is Cc1sc(C(=O)NC(C)C2CCC2)cc1S(N)(=O)=O. The maximum absolute atomic E-state index is 12.1. The van der Waals surface area contributed by atoms with Crippen LogP contribution in [-0.4, -0.2) is 20.4 Å². The standard InChI is InChI=1S/C12H18N2O3S2/c1-7(9-4-3-5-9)14-12(15)10-6-11(8(2)18-10)19(13,16)17/h6-7,9H,3-5H2,1-2H3,(H,14,15)(H2,13,16,17). The molecule has 3 N–H and O–H groups in total. The average molecular weight is 302 g/mol. The van der Waals surface area contributed by atoms with E-state index in [9.17, 15) is 13.2 Å². The van der Waals surface area contributed by atoms with Crippen molar-refractivity contribution < 1.29 is 13.2 Å². The minimum absolute atomic E-state index is 0.0407. The van der Waals surface area contributed by atoms with Crippen molar-refractivity contribution in [3.63, 3.8) is 0 Å². The highest BCUT2D eigenvalue weighted by atomic mass is 32.2. The number of hydrogen-bond donors (Lipinski definition) is 2. The molecule has 2 rings (SSSR count). The fourth-order valence-corrected chi connectivity index (χ4v) is 4.24. The minimum atomic E-state index is -3.75. The average Bonchev–Trinajstić information content (AvgIpc) is 2.56. The molecule has 1 aromatic heterocycles.